The van der Waals surface area contributed by atoms with Crippen molar-refractivity contribution in [1.82, 2.24) is 4.57 Å². The van der Waals surface area contributed by atoms with Gasteiger partial charge in [0.25, 0.3) is 0 Å². The van der Waals surface area contributed by atoms with Gasteiger partial charge in [-0.15, -0.1) is 11.3 Å². The minimum absolute atomic E-state index is 0.0228. The predicted molar refractivity (Wildman–Crippen MR) is 114 cm³/mol. The summed E-state index contributed by atoms with van der Waals surface area (Å²) in [6.07, 6.45) is 1.60. The first-order chi connectivity index (χ1) is 14.0. The molecule has 0 unspecified atom stereocenters. The maximum Gasteiger partial charge on any atom is 0.357 e. The Bertz CT molecular complexity index is 1230. The van der Waals surface area contributed by atoms with Gasteiger partial charge in [-0.05, 0) is 42.1 Å². The molecule has 3 aromatic rings. The number of hydrogen-bond donors (Lipinski definition) is 1. The van der Waals surface area contributed by atoms with Crippen LogP contribution in [0.1, 0.15) is 16.0 Å². The molecule has 5 nitrogen and oxygen atoms in total. The topological polar surface area (TPSA) is 63.8 Å². The first-order valence-corrected chi connectivity index (χ1v) is 9.86. The van der Waals surface area contributed by atoms with E-state index in [2.05, 4.69) is 4.99 Å². The average Bonchev–Trinajstić information content (AvgIpc) is 3.20. The van der Waals surface area contributed by atoms with Crippen molar-refractivity contribution in [3.8, 4) is 5.88 Å². The molecule has 0 spiro atoms. The van der Waals surface area contributed by atoms with Crippen LogP contribution < -0.4 is 0 Å². The summed E-state index contributed by atoms with van der Waals surface area (Å²) >= 11 is 6.61. The smallest absolute Gasteiger partial charge is 0.357 e. The number of hydrogen-bond acceptors (Lipinski definition) is 6. The number of aromatic hydroxyl groups is 1. The van der Waals surface area contributed by atoms with E-state index in [1.54, 1.807) is 10.6 Å². The number of halogens is 1. The molecule has 0 bridgehead atoms. The highest BCUT2D eigenvalue weighted by Gasteiger charge is 2.28. The summed E-state index contributed by atoms with van der Waals surface area (Å²) < 4.78 is 20.7. The highest BCUT2D eigenvalue weighted by Crippen LogP contribution is 2.39. The number of rotatable bonds is 4. The molecule has 146 valence electrons. The Morgan fingerprint density at radius 1 is 1.31 bits per heavy atom. The van der Waals surface area contributed by atoms with Gasteiger partial charge in [-0.2, -0.15) is 0 Å². The fourth-order valence-electron chi connectivity index (χ4n) is 3.07. The zero-order valence-electron chi connectivity index (χ0n) is 15.3. The molecule has 0 fully saturated rings. The zero-order chi connectivity index (χ0) is 20.5. The number of nitrogens with zero attached hydrogens (tertiary/aromatic N) is 2. The lowest BCUT2D eigenvalue weighted by molar-refractivity contribution is -0.132. The average molecular weight is 426 g/mol. The summed E-state index contributed by atoms with van der Waals surface area (Å²) in [6.45, 7) is 0.411. The van der Waals surface area contributed by atoms with Crippen molar-refractivity contribution >= 4 is 52.6 Å². The lowest BCUT2D eigenvalue weighted by Crippen LogP contribution is -2.14. The van der Waals surface area contributed by atoms with Crippen LogP contribution in [-0.2, 0) is 16.1 Å². The van der Waals surface area contributed by atoms with Crippen LogP contribution in [-0.4, -0.2) is 28.5 Å². The summed E-state index contributed by atoms with van der Waals surface area (Å²) in [5, 5.41) is 10.7. The number of aliphatic imine (C=N–C) groups is 1. The van der Waals surface area contributed by atoms with Gasteiger partial charge in [0.1, 0.15) is 5.82 Å². The molecule has 0 saturated carbocycles. The van der Waals surface area contributed by atoms with Gasteiger partial charge in [0, 0.05) is 11.1 Å². The van der Waals surface area contributed by atoms with Crippen LogP contribution in [0.15, 0.2) is 53.5 Å². The van der Waals surface area contributed by atoms with Crippen LogP contribution in [0.5, 0.6) is 5.88 Å². The molecule has 2 aromatic carbocycles. The van der Waals surface area contributed by atoms with Gasteiger partial charge in [-0.25, -0.2) is 14.2 Å². The van der Waals surface area contributed by atoms with Crippen LogP contribution in [0.25, 0.3) is 11.6 Å². The summed E-state index contributed by atoms with van der Waals surface area (Å²) in [4.78, 5) is 16.9. The molecule has 1 aliphatic rings. The Labute approximate surface area is 175 Å². The molecule has 4 rings (SSSR count). The Morgan fingerprint density at radius 3 is 2.79 bits per heavy atom. The van der Waals surface area contributed by atoms with E-state index in [0.717, 1.165) is 5.56 Å². The fraction of sp³-hybridized carbons (Fsp3) is 0.0952. The minimum atomic E-state index is -0.639. The van der Waals surface area contributed by atoms with Crippen molar-refractivity contribution in [3.63, 3.8) is 0 Å². The van der Waals surface area contributed by atoms with Crippen LogP contribution >= 0.6 is 23.6 Å². The molecule has 0 amide bonds. The van der Waals surface area contributed by atoms with E-state index in [4.69, 9.17) is 17.0 Å². The lowest BCUT2D eigenvalue weighted by Gasteiger charge is -2.06. The van der Waals surface area contributed by atoms with Crippen LogP contribution in [0.3, 0.4) is 0 Å². The van der Waals surface area contributed by atoms with Crippen molar-refractivity contribution in [2.24, 2.45) is 4.99 Å². The monoisotopic (exact) mass is 426 g/mol. The number of ether oxygens (including phenoxy) is 1. The molecular formula is C21H15FN2O3S2. The molecule has 1 aromatic heterocycles. The highest BCUT2D eigenvalue weighted by molar-refractivity contribution is 7.73. The standard InChI is InChI=1S/C21H15FN2O3S2/c1-27-20(26)18-15(14-9-13(22)7-8-16(14)23-18)10-17-19(25)24(21(28)29-17)11-12-5-3-2-4-6-12/h2-10,25H,11H2,1H3. The van der Waals surface area contributed by atoms with E-state index in [-0.39, 0.29) is 11.6 Å². The first kappa shape index (κ1) is 19.2. The Morgan fingerprint density at radius 2 is 2.07 bits per heavy atom. The number of benzene rings is 2. The summed E-state index contributed by atoms with van der Waals surface area (Å²) in [5.41, 5.74) is 2.34. The molecule has 2 heterocycles. The fourth-order valence-corrected chi connectivity index (χ4v) is 4.32. The van der Waals surface area contributed by atoms with Crippen molar-refractivity contribution in [1.29, 1.82) is 0 Å². The van der Waals surface area contributed by atoms with Crippen LogP contribution in [0.2, 0.25) is 0 Å². The number of methoxy groups -OCH3 is 1. The number of esters is 1. The second-order valence-electron chi connectivity index (χ2n) is 6.30. The van der Waals surface area contributed by atoms with Crippen LogP contribution in [0.4, 0.5) is 10.1 Å². The molecule has 0 atom stereocenters. The van der Waals surface area contributed by atoms with Gasteiger partial charge >= 0.3 is 5.97 Å². The largest absolute Gasteiger partial charge is 0.493 e. The maximum atomic E-state index is 13.8. The third-order valence-corrected chi connectivity index (χ3v) is 5.85. The van der Waals surface area contributed by atoms with Gasteiger partial charge in [0.2, 0.25) is 5.88 Å². The second-order valence-corrected chi connectivity index (χ2v) is 7.97. The Hall–Kier alpha value is -3.10. The van der Waals surface area contributed by atoms with Gasteiger partial charge < -0.3 is 9.84 Å². The quantitative estimate of drug-likeness (QED) is 0.473. The number of fused-ring (bicyclic) bond motifs is 1. The van der Waals surface area contributed by atoms with E-state index >= 15 is 0 Å². The molecule has 0 saturated heterocycles. The molecule has 8 heteroatoms. The summed E-state index contributed by atoms with van der Waals surface area (Å²) in [7, 11) is 1.25. The number of carbonyl (C=O) groups excluding carboxylic acids is 1. The lowest BCUT2D eigenvalue weighted by atomic mass is 10.0. The van der Waals surface area contributed by atoms with Crippen molar-refractivity contribution in [2.45, 2.75) is 6.54 Å². The van der Waals surface area contributed by atoms with Gasteiger partial charge in [0.05, 0.1) is 24.2 Å². The predicted octanol–water partition coefficient (Wildman–Crippen LogP) is 4.97. The molecule has 1 N–H and O–H groups in total. The van der Waals surface area contributed by atoms with E-state index in [1.807, 2.05) is 30.3 Å². The van der Waals surface area contributed by atoms with Crippen molar-refractivity contribution < 1.29 is 19.0 Å². The molecular weight excluding hydrogens is 411 g/mol. The van der Waals surface area contributed by atoms with E-state index in [9.17, 15) is 14.3 Å². The summed E-state index contributed by atoms with van der Waals surface area (Å²) in [5.74, 6) is -1.11. The third-order valence-electron chi connectivity index (χ3n) is 4.47. The normalized spacial score (nSPS) is 14.0. The van der Waals surface area contributed by atoms with Crippen LogP contribution in [0, 0.1) is 9.77 Å². The number of carbonyl (C=O) groups is 1. The SMILES string of the molecule is COC(=O)C1=Nc2ccc(F)cc2C1=Cc1sc(=S)n(Cc2ccccc2)c1O. The van der Waals surface area contributed by atoms with E-state index < -0.39 is 11.8 Å². The third kappa shape index (κ3) is 3.64. The first-order valence-electron chi connectivity index (χ1n) is 8.63. The van der Waals surface area contributed by atoms with E-state index in [0.29, 0.717) is 32.2 Å². The number of aromatic nitrogens is 1. The van der Waals surface area contributed by atoms with Crippen molar-refractivity contribution in [3.05, 3.63) is 74.3 Å². The zero-order valence-corrected chi connectivity index (χ0v) is 16.9. The number of thiazole rings is 1. The Kier molecular flexibility index (Phi) is 5.12. The van der Waals surface area contributed by atoms with Crippen molar-refractivity contribution in [2.75, 3.05) is 7.11 Å². The molecule has 0 aliphatic carbocycles. The molecule has 0 radical (unpaired) electrons. The summed E-state index contributed by atoms with van der Waals surface area (Å²) in [6, 6.07) is 13.7. The van der Waals surface area contributed by atoms with Gasteiger partial charge in [-0.3, -0.25) is 4.57 Å². The van der Waals surface area contributed by atoms with E-state index in [1.165, 1.54) is 36.6 Å². The molecule has 1 aliphatic heterocycles. The van der Waals surface area contributed by atoms with Gasteiger partial charge in [-0.1, -0.05) is 30.3 Å². The molecule has 29 heavy (non-hydrogen) atoms. The minimum Gasteiger partial charge on any atom is -0.493 e. The second kappa shape index (κ2) is 7.73. The Balaban J connectivity index is 1.80. The maximum absolute atomic E-state index is 13.8. The van der Waals surface area contributed by atoms with Gasteiger partial charge in [0.15, 0.2) is 9.67 Å². The highest BCUT2D eigenvalue weighted by atomic mass is 32.1.